The molecule has 2 aliphatic carbocycles. The second-order valence-electron chi connectivity index (χ2n) is 6.70. The maximum Gasteiger partial charge on any atom is 0.0441 e. The van der Waals surface area contributed by atoms with E-state index in [1.807, 2.05) is 12.1 Å². The first-order chi connectivity index (χ1) is 9.78. The fourth-order valence-electron chi connectivity index (χ4n) is 4.48. The molecule has 0 saturated heterocycles. The number of benzene rings is 1. The third-order valence-corrected chi connectivity index (χ3v) is 5.80. The first-order valence-electron chi connectivity index (χ1n) is 8.23. The third-order valence-electron chi connectivity index (χ3n) is 5.46. The van der Waals surface area contributed by atoms with Crippen LogP contribution in [-0.4, -0.2) is 13.1 Å². The Labute approximate surface area is 128 Å². The van der Waals surface area contributed by atoms with Crippen LogP contribution in [0, 0.1) is 17.8 Å². The van der Waals surface area contributed by atoms with Gasteiger partial charge in [0, 0.05) is 11.6 Å². The van der Waals surface area contributed by atoms with Crippen molar-refractivity contribution in [3.05, 3.63) is 34.9 Å². The SMILES string of the molecule is CCNCC(CC1CC2CCC1C2)c1ccccc1Cl. The van der Waals surface area contributed by atoms with Crippen molar-refractivity contribution in [1.29, 1.82) is 0 Å². The molecule has 2 heteroatoms. The monoisotopic (exact) mass is 291 g/mol. The van der Waals surface area contributed by atoms with Crippen molar-refractivity contribution in [2.24, 2.45) is 17.8 Å². The van der Waals surface area contributed by atoms with Crippen molar-refractivity contribution in [1.82, 2.24) is 5.32 Å². The van der Waals surface area contributed by atoms with E-state index in [9.17, 15) is 0 Å². The summed E-state index contributed by atoms with van der Waals surface area (Å²) >= 11 is 6.43. The van der Waals surface area contributed by atoms with Crippen LogP contribution in [0.5, 0.6) is 0 Å². The van der Waals surface area contributed by atoms with Gasteiger partial charge < -0.3 is 5.32 Å². The van der Waals surface area contributed by atoms with E-state index in [4.69, 9.17) is 11.6 Å². The van der Waals surface area contributed by atoms with E-state index in [0.29, 0.717) is 5.92 Å². The van der Waals surface area contributed by atoms with Gasteiger partial charge in [0.2, 0.25) is 0 Å². The van der Waals surface area contributed by atoms with Gasteiger partial charge in [0.15, 0.2) is 0 Å². The van der Waals surface area contributed by atoms with Crippen LogP contribution in [0.1, 0.15) is 50.5 Å². The van der Waals surface area contributed by atoms with Crippen molar-refractivity contribution in [2.45, 2.75) is 44.9 Å². The Morgan fingerprint density at radius 2 is 2.10 bits per heavy atom. The molecule has 110 valence electrons. The van der Waals surface area contributed by atoms with E-state index < -0.39 is 0 Å². The number of fused-ring (bicyclic) bond motifs is 2. The Balaban J connectivity index is 1.71. The molecule has 1 N–H and O–H groups in total. The van der Waals surface area contributed by atoms with Crippen LogP contribution in [-0.2, 0) is 0 Å². The van der Waals surface area contributed by atoms with Gasteiger partial charge in [0.05, 0.1) is 0 Å². The van der Waals surface area contributed by atoms with Gasteiger partial charge in [-0.05, 0) is 67.5 Å². The normalized spacial score (nSPS) is 29.8. The highest BCUT2D eigenvalue weighted by Gasteiger charge is 2.40. The first-order valence-corrected chi connectivity index (χ1v) is 8.60. The molecule has 2 fully saturated rings. The van der Waals surface area contributed by atoms with Gasteiger partial charge in [-0.15, -0.1) is 0 Å². The quantitative estimate of drug-likeness (QED) is 0.789. The van der Waals surface area contributed by atoms with E-state index in [0.717, 1.165) is 35.9 Å². The Morgan fingerprint density at radius 1 is 1.25 bits per heavy atom. The minimum absolute atomic E-state index is 0.577. The lowest BCUT2D eigenvalue weighted by Crippen LogP contribution is -2.24. The molecule has 20 heavy (non-hydrogen) atoms. The first kappa shape index (κ1) is 14.4. The molecular weight excluding hydrogens is 266 g/mol. The molecule has 4 unspecified atom stereocenters. The summed E-state index contributed by atoms with van der Waals surface area (Å²) in [4.78, 5) is 0. The fourth-order valence-corrected chi connectivity index (χ4v) is 4.77. The van der Waals surface area contributed by atoms with Gasteiger partial charge >= 0.3 is 0 Å². The van der Waals surface area contributed by atoms with Crippen LogP contribution in [0.15, 0.2) is 24.3 Å². The Hall–Kier alpha value is -0.530. The predicted molar refractivity (Wildman–Crippen MR) is 86.3 cm³/mol. The zero-order valence-electron chi connectivity index (χ0n) is 12.4. The Kier molecular flexibility index (Phi) is 4.68. The fraction of sp³-hybridized carbons (Fsp3) is 0.667. The summed E-state index contributed by atoms with van der Waals surface area (Å²) < 4.78 is 0. The van der Waals surface area contributed by atoms with Crippen molar-refractivity contribution in [3.8, 4) is 0 Å². The summed E-state index contributed by atoms with van der Waals surface area (Å²) in [6.07, 6.45) is 7.26. The summed E-state index contributed by atoms with van der Waals surface area (Å²) in [5, 5.41) is 4.48. The second-order valence-corrected chi connectivity index (χ2v) is 7.10. The molecule has 1 aromatic carbocycles. The maximum atomic E-state index is 6.43. The molecule has 2 saturated carbocycles. The summed E-state index contributed by atoms with van der Waals surface area (Å²) in [5.74, 6) is 3.56. The van der Waals surface area contributed by atoms with E-state index in [1.54, 1.807) is 0 Å². The Morgan fingerprint density at radius 3 is 2.75 bits per heavy atom. The van der Waals surface area contributed by atoms with Crippen LogP contribution < -0.4 is 5.32 Å². The predicted octanol–water partition coefficient (Wildman–Crippen LogP) is 4.86. The zero-order valence-corrected chi connectivity index (χ0v) is 13.2. The number of hydrogen-bond acceptors (Lipinski definition) is 1. The topological polar surface area (TPSA) is 12.0 Å². The second kappa shape index (κ2) is 6.49. The molecule has 0 aromatic heterocycles. The molecule has 2 bridgehead atoms. The summed E-state index contributed by atoms with van der Waals surface area (Å²) in [7, 11) is 0. The number of halogens is 1. The summed E-state index contributed by atoms with van der Waals surface area (Å²) in [5.41, 5.74) is 1.35. The number of hydrogen-bond donors (Lipinski definition) is 1. The van der Waals surface area contributed by atoms with Crippen molar-refractivity contribution < 1.29 is 0 Å². The van der Waals surface area contributed by atoms with Gasteiger partial charge in [-0.1, -0.05) is 43.1 Å². The maximum absolute atomic E-state index is 6.43. The summed E-state index contributed by atoms with van der Waals surface area (Å²) in [6.45, 7) is 4.28. The summed E-state index contributed by atoms with van der Waals surface area (Å²) in [6, 6.07) is 8.42. The van der Waals surface area contributed by atoms with Crippen molar-refractivity contribution >= 4 is 11.6 Å². The molecular formula is C18H26ClN. The van der Waals surface area contributed by atoms with Gasteiger partial charge in [-0.3, -0.25) is 0 Å². The lowest BCUT2D eigenvalue weighted by molar-refractivity contribution is 0.292. The molecule has 0 radical (unpaired) electrons. The van der Waals surface area contributed by atoms with E-state index >= 15 is 0 Å². The molecule has 0 spiro atoms. The average Bonchev–Trinajstić information content (AvgIpc) is 3.06. The van der Waals surface area contributed by atoms with E-state index in [1.165, 1.54) is 37.7 Å². The number of likely N-dealkylation sites (N-methyl/N-ethyl adjacent to an activating group) is 1. The van der Waals surface area contributed by atoms with Crippen LogP contribution in [0.25, 0.3) is 0 Å². The molecule has 0 heterocycles. The highest BCUT2D eigenvalue weighted by Crippen LogP contribution is 2.51. The van der Waals surface area contributed by atoms with Crippen LogP contribution in [0.2, 0.25) is 5.02 Å². The largest absolute Gasteiger partial charge is 0.316 e. The molecule has 4 atom stereocenters. The van der Waals surface area contributed by atoms with E-state index in [-0.39, 0.29) is 0 Å². The molecule has 1 nitrogen and oxygen atoms in total. The standard InChI is InChI=1S/C18H26ClN/c1-2-20-12-16(17-5-3-4-6-18(17)19)11-15-10-13-7-8-14(15)9-13/h3-6,13-16,20H,2,7-12H2,1H3. The number of rotatable bonds is 6. The third kappa shape index (κ3) is 3.04. The highest BCUT2D eigenvalue weighted by molar-refractivity contribution is 6.31. The zero-order chi connectivity index (χ0) is 13.9. The molecule has 0 amide bonds. The smallest absolute Gasteiger partial charge is 0.0441 e. The molecule has 0 aliphatic heterocycles. The van der Waals surface area contributed by atoms with E-state index in [2.05, 4.69) is 24.4 Å². The van der Waals surface area contributed by atoms with Gasteiger partial charge in [0.25, 0.3) is 0 Å². The molecule has 2 aliphatic rings. The number of nitrogens with one attached hydrogen (secondary N) is 1. The minimum Gasteiger partial charge on any atom is -0.316 e. The van der Waals surface area contributed by atoms with Crippen LogP contribution >= 0.6 is 11.6 Å². The Bertz CT molecular complexity index is 445. The minimum atomic E-state index is 0.577. The van der Waals surface area contributed by atoms with Crippen molar-refractivity contribution in [3.63, 3.8) is 0 Å². The highest BCUT2D eigenvalue weighted by atomic mass is 35.5. The molecule has 3 rings (SSSR count). The average molecular weight is 292 g/mol. The van der Waals surface area contributed by atoms with Crippen molar-refractivity contribution in [2.75, 3.05) is 13.1 Å². The van der Waals surface area contributed by atoms with Gasteiger partial charge in [-0.25, -0.2) is 0 Å². The van der Waals surface area contributed by atoms with Crippen LogP contribution in [0.3, 0.4) is 0 Å². The van der Waals surface area contributed by atoms with Crippen LogP contribution in [0.4, 0.5) is 0 Å². The van der Waals surface area contributed by atoms with Gasteiger partial charge in [-0.2, -0.15) is 0 Å². The molecule has 1 aromatic rings. The lowest BCUT2D eigenvalue weighted by Gasteiger charge is -2.27. The van der Waals surface area contributed by atoms with Gasteiger partial charge in [0.1, 0.15) is 0 Å². The lowest BCUT2D eigenvalue weighted by atomic mass is 9.80.